The third kappa shape index (κ3) is 2.96. The number of rotatable bonds is 5. The molecule has 1 fully saturated rings. The van der Waals surface area contributed by atoms with Crippen molar-refractivity contribution in [1.29, 1.82) is 0 Å². The summed E-state index contributed by atoms with van der Waals surface area (Å²) in [6.45, 7) is 4.46. The van der Waals surface area contributed by atoms with Crippen molar-refractivity contribution in [2.45, 2.75) is 13.0 Å². The summed E-state index contributed by atoms with van der Waals surface area (Å²) in [7, 11) is 2.15. The highest BCUT2D eigenvalue weighted by Crippen LogP contribution is 2.16. The summed E-state index contributed by atoms with van der Waals surface area (Å²) in [6.07, 6.45) is 4.90. The summed E-state index contributed by atoms with van der Waals surface area (Å²) in [5.41, 5.74) is 5.45. The maximum Gasteiger partial charge on any atom is 0.157 e. The van der Waals surface area contributed by atoms with Gasteiger partial charge in [-0.2, -0.15) is 5.10 Å². The number of nitrogens with zero attached hydrogens (tertiary/aromatic N) is 3. The molecule has 1 aromatic rings. The van der Waals surface area contributed by atoms with Crippen LogP contribution in [0.5, 0.6) is 5.75 Å². The minimum atomic E-state index is 0.606. The topological polar surface area (TPSA) is 56.3 Å². The van der Waals surface area contributed by atoms with Gasteiger partial charge >= 0.3 is 0 Å². The molecule has 5 heteroatoms. The van der Waals surface area contributed by atoms with Crippen molar-refractivity contribution in [3.8, 4) is 5.75 Å². The van der Waals surface area contributed by atoms with Gasteiger partial charge < -0.3 is 15.4 Å². The highest BCUT2D eigenvalue weighted by molar-refractivity contribution is 5.11. The first kappa shape index (κ1) is 11.4. The van der Waals surface area contributed by atoms with Crippen LogP contribution in [0, 0.1) is 5.92 Å². The maximum absolute atomic E-state index is 5.71. The Hall–Kier alpha value is -1.07. The predicted molar refractivity (Wildman–Crippen MR) is 62.4 cm³/mol. The Balaban J connectivity index is 1.76. The molecule has 0 radical (unpaired) electrons. The van der Waals surface area contributed by atoms with Gasteiger partial charge in [0.1, 0.15) is 0 Å². The normalized spacial score (nSPS) is 21.5. The Kier molecular flexibility index (Phi) is 3.79. The van der Waals surface area contributed by atoms with E-state index in [0.717, 1.165) is 25.4 Å². The first-order valence-corrected chi connectivity index (χ1v) is 5.82. The fourth-order valence-electron chi connectivity index (χ4n) is 2.05. The molecule has 0 amide bonds. The third-order valence-corrected chi connectivity index (χ3v) is 2.94. The van der Waals surface area contributed by atoms with Gasteiger partial charge in [0.25, 0.3) is 0 Å². The molecule has 90 valence electrons. The molecular formula is C11H20N4O. The van der Waals surface area contributed by atoms with Gasteiger partial charge in [-0.3, -0.25) is 4.68 Å². The first-order chi connectivity index (χ1) is 7.78. The average Bonchev–Trinajstić information content (AvgIpc) is 2.85. The summed E-state index contributed by atoms with van der Waals surface area (Å²) in [5, 5.41) is 4.17. The van der Waals surface area contributed by atoms with E-state index in [9.17, 15) is 0 Å². The van der Waals surface area contributed by atoms with Gasteiger partial charge in [-0.15, -0.1) is 0 Å². The first-order valence-electron chi connectivity index (χ1n) is 5.82. The monoisotopic (exact) mass is 224 g/mol. The molecule has 1 aromatic heterocycles. The second-order valence-corrected chi connectivity index (χ2v) is 4.46. The highest BCUT2D eigenvalue weighted by Gasteiger charge is 2.19. The summed E-state index contributed by atoms with van der Waals surface area (Å²) in [6, 6.07) is 0. The summed E-state index contributed by atoms with van der Waals surface area (Å²) < 4.78 is 7.53. The molecule has 0 saturated carbocycles. The van der Waals surface area contributed by atoms with E-state index in [-0.39, 0.29) is 0 Å². The predicted octanol–water partition coefficient (Wildman–Crippen LogP) is 0.172. The molecular weight excluding hydrogens is 204 g/mol. The van der Waals surface area contributed by atoms with Gasteiger partial charge in [0.05, 0.1) is 25.5 Å². The van der Waals surface area contributed by atoms with Gasteiger partial charge in [0, 0.05) is 19.0 Å². The van der Waals surface area contributed by atoms with Crippen molar-refractivity contribution in [3.05, 3.63) is 12.4 Å². The van der Waals surface area contributed by atoms with Crippen LogP contribution in [-0.2, 0) is 6.54 Å². The van der Waals surface area contributed by atoms with Crippen LogP contribution in [0.4, 0.5) is 0 Å². The Morgan fingerprint density at radius 1 is 1.62 bits per heavy atom. The average molecular weight is 224 g/mol. The molecule has 0 bridgehead atoms. The van der Waals surface area contributed by atoms with Crippen LogP contribution in [0.1, 0.15) is 6.42 Å². The van der Waals surface area contributed by atoms with E-state index in [1.54, 1.807) is 6.20 Å². The maximum atomic E-state index is 5.71. The summed E-state index contributed by atoms with van der Waals surface area (Å²) in [5.74, 6) is 1.51. The highest BCUT2D eigenvalue weighted by atomic mass is 16.5. The number of aromatic nitrogens is 2. The minimum Gasteiger partial charge on any atom is -0.490 e. The minimum absolute atomic E-state index is 0.606. The molecule has 2 N–H and O–H groups in total. The molecule has 0 aromatic carbocycles. The molecule has 5 nitrogen and oxygen atoms in total. The molecule has 1 unspecified atom stereocenters. The van der Waals surface area contributed by atoms with Crippen LogP contribution in [0.2, 0.25) is 0 Å². The van der Waals surface area contributed by atoms with Crippen LogP contribution >= 0.6 is 0 Å². The lowest BCUT2D eigenvalue weighted by Gasteiger charge is -2.10. The van der Waals surface area contributed by atoms with E-state index >= 15 is 0 Å². The van der Waals surface area contributed by atoms with E-state index in [1.807, 2.05) is 10.9 Å². The Bertz CT molecular complexity index is 326. The van der Waals surface area contributed by atoms with Crippen molar-refractivity contribution in [1.82, 2.24) is 14.7 Å². The van der Waals surface area contributed by atoms with Crippen molar-refractivity contribution >= 4 is 0 Å². The van der Waals surface area contributed by atoms with Crippen LogP contribution < -0.4 is 10.5 Å². The van der Waals surface area contributed by atoms with Gasteiger partial charge in [-0.25, -0.2) is 0 Å². The smallest absolute Gasteiger partial charge is 0.157 e. The lowest BCUT2D eigenvalue weighted by Crippen LogP contribution is -2.17. The Morgan fingerprint density at radius 3 is 3.19 bits per heavy atom. The van der Waals surface area contributed by atoms with Crippen molar-refractivity contribution in [2.24, 2.45) is 11.7 Å². The molecule has 1 atom stereocenters. The molecule has 0 aliphatic carbocycles. The standard InChI is InChI=1S/C11H20N4O/c1-14-4-2-10(7-14)9-16-11-6-13-15(8-11)5-3-12/h6,8,10H,2-5,7,9,12H2,1H3. The van der Waals surface area contributed by atoms with Gasteiger partial charge in [0.15, 0.2) is 5.75 Å². The van der Waals surface area contributed by atoms with Crippen LogP contribution in [0.3, 0.4) is 0 Å². The van der Waals surface area contributed by atoms with E-state index in [0.29, 0.717) is 12.5 Å². The largest absolute Gasteiger partial charge is 0.490 e. The molecule has 1 aliphatic heterocycles. The molecule has 1 saturated heterocycles. The van der Waals surface area contributed by atoms with Crippen LogP contribution in [0.25, 0.3) is 0 Å². The fourth-order valence-corrected chi connectivity index (χ4v) is 2.05. The van der Waals surface area contributed by atoms with E-state index in [2.05, 4.69) is 17.0 Å². The van der Waals surface area contributed by atoms with E-state index in [4.69, 9.17) is 10.5 Å². The SMILES string of the molecule is CN1CCC(COc2cnn(CCN)c2)C1. The number of likely N-dealkylation sites (tertiary alicyclic amines) is 1. The zero-order chi connectivity index (χ0) is 11.4. The zero-order valence-electron chi connectivity index (χ0n) is 9.80. The lowest BCUT2D eigenvalue weighted by molar-refractivity contribution is 0.249. The quantitative estimate of drug-likeness (QED) is 0.775. The van der Waals surface area contributed by atoms with Gasteiger partial charge in [0.2, 0.25) is 0 Å². The molecule has 2 rings (SSSR count). The Labute approximate surface area is 96.2 Å². The number of hydrogen-bond acceptors (Lipinski definition) is 4. The van der Waals surface area contributed by atoms with Gasteiger partial charge in [-0.05, 0) is 20.0 Å². The van der Waals surface area contributed by atoms with Gasteiger partial charge in [-0.1, -0.05) is 0 Å². The number of nitrogens with two attached hydrogens (primary N) is 1. The number of ether oxygens (including phenoxy) is 1. The zero-order valence-corrected chi connectivity index (χ0v) is 9.80. The second-order valence-electron chi connectivity index (χ2n) is 4.46. The summed E-state index contributed by atoms with van der Waals surface area (Å²) in [4.78, 5) is 2.34. The molecule has 1 aliphatic rings. The van der Waals surface area contributed by atoms with Crippen molar-refractivity contribution < 1.29 is 4.74 Å². The van der Waals surface area contributed by atoms with Crippen molar-refractivity contribution in [2.75, 3.05) is 33.3 Å². The fraction of sp³-hybridized carbons (Fsp3) is 0.727. The van der Waals surface area contributed by atoms with Crippen LogP contribution in [0.15, 0.2) is 12.4 Å². The second kappa shape index (κ2) is 5.32. The lowest BCUT2D eigenvalue weighted by atomic mass is 10.1. The molecule has 0 spiro atoms. The van der Waals surface area contributed by atoms with Crippen molar-refractivity contribution in [3.63, 3.8) is 0 Å². The summed E-state index contributed by atoms with van der Waals surface area (Å²) >= 11 is 0. The van der Waals surface area contributed by atoms with E-state index < -0.39 is 0 Å². The van der Waals surface area contributed by atoms with E-state index in [1.165, 1.54) is 13.0 Å². The molecule has 16 heavy (non-hydrogen) atoms. The van der Waals surface area contributed by atoms with Crippen LogP contribution in [-0.4, -0.2) is 48.0 Å². The molecule has 2 heterocycles. The third-order valence-electron chi connectivity index (χ3n) is 2.94. The Morgan fingerprint density at radius 2 is 2.50 bits per heavy atom. The number of hydrogen-bond donors (Lipinski definition) is 1.